The number of nitrogens with two attached hydrogens (primary N) is 1. The highest BCUT2D eigenvalue weighted by atomic mass is 35.5. The Kier molecular flexibility index (Phi) is 5.03. The van der Waals surface area contributed by atoms with Crippen molar-refractivity contribution in [2.24, 2.45) is 0 Å². The number of nitrogens with zero attached hydrogens (tertiary/aromatic N) is 1. The van der Waals surface area contributed by atoms with Crippen LogP contribution in [0.1, 0.15) is 13.3 Å². The number of hydrogen-bond donors (Lipinski definition) is 3. The zero-order valence-electron chi connectivity index (χ0n) is 11.9. The van der Waals surface area contributed by atoms with E-state index in [1.807, 2.05) is 11.8 Å². The van der Waals surface area contributed by atoms with Gasteiger partial charge in [0.05, 0.1) is 16.8 Å². The number of benzene rings is 1. The van der Waals surface area contributed by atoms with Gasteiger partial charge in [-0.15, -0.1) is 0 Å². The van der Waals surface area contributed by atoms with Crippen LogP contribution in [0.2, 0.25) is 5.02 Å². The van der Waals surface area contributed by atoms with Gasteiger partial charge in [-0.2, -0.15) is 0 Å². The SMILES string of the molecule is CC1C(=O)NCCN1CCC(=O)Nc1ccc(Cl)c(N)c1. The number of nitrogens with one attached hydrogen (secondary N) is 2. The quantitative estimate of drug-likeness (QED) is 0.726. The van der Waals surface area contributed by atoms with E-state index in [0.717, 1.165) is 6.54 Å². The summed E-state index contributed by atoms with van der Waals surface area (Å²) in [6.07, 6.45) is 0.320. The van der Waals surface area contributed by atoms with Crippen molar-refractivity contribution < 1.29 is 9.59 Å². The second-order valence-corrected chi connectivity index (χ2v) is 5.44. The Bertz CT molecular complexity index is 550. The van der Waals surface area contributed by atoms with Crippen LogP contribution in [0.25, 0.3) is 0 Å². The number of hydrogen-bond acceptors (Lipinski definition) is 4. The Morgan fingerprint density at radius 1 is 1.57 bits per heavy atom. The first-order chi connectivity index (χ1) is 9.97. The Morgan fingerprint density at radius 3 is 3.05 bits per heavy atom. The summed E-state index contributed by atoms with van der Waals surface area (Å²) < 4.78 is 0. The zero-order chi connectivity index (χ0) is 15.4. The van der Waals surface area contributed by atoms with Gasteiger partial charge in [-0.05, 0) is 25.1 Å². The van der Waals surface area contributed by atoms with Crippen LogP contribution in [0.4, 0.5) is 11.4 Å². The molecule has 1 aliphatic heterocycles. The molecule has 1 fully saturated rings. The summed E-state index contributed by atoms with van der Waals surface area (Å²) in [5, 5.41) is 6.02. The molecule has 2 amide bonds. The smallest absolute Gasteiger partial charge is 0.237 e. The average Bonchev–Trinajstić information content (AvgIpc) is 2.44. The van der Waals surface area contributed by atoms with E-state index in [2.05, 4.69) is 10.6 Å². The summed E-state index contributed by atoms with van der Waals surface area (Å²) in [5.41, 5.74) is 6.73. The molecule has 21 heavy (non-hydrogen) atoms. The summed E-state index contributed by atoms with van der Waals surface area (Å²) in [6.45, 7) is 3.77. The third kappa shape index (κ3) is 4.09. The van der Waals surface area contributed by atoms with Crippen molar-refractivity contribution >= 4 is 34.8 Å². The molecule has 1 aromatic rings. The molecule has 0 radical (unpaired) electrons. The number of nitrogen functional groups attached to an aromatic ring is 1. The maximum atomic E-state index is 11.9. The molecular formula is C14H19ClN4O2. The molecule has 0 saturated carbocycles. The molecule has 1 unspecified atom stereocenters. The summed E-state index contributed by atoms with van der Waals surface area (Å²) in [5.74, 6) is -0.109. The van der Waals surface area contributed by atoms with E-state index in [4.69, 9.17) is 17.3 Å². The summed E-state index contributed by atoms with van der Waals surface area (Å²) in [6, 6.07) is 4.77. The monoisotopic (exact) mass is 310 g/mol. The minimum Gasteiger partial charge on any atom is -0.397 e. The van der Waals surface area contributed by atoms with Gasteiger partial charge in [0.15, 0.2) is 0 Å². The predicted octanol–water partition coefficient (Wildman–Crippen LogP) is 1.07. The van der Waals surface area contributed by atoms with Crippen molar-refractivity contribution in [2.75, 3.05) is 30.7 Å². The molecule has 2 rings (SSSR count). The van der Waals surface area contributed by atoms with E-state index in [1.165, 1.54) is 0 Å². The minimum absolute atomic E-state index is 0.00660. The standard InChI is InChI=1S/C14H19ClN4O2/c1-9-14(21)17-5-7-19(9)6-4-13(20)18-10-2-3-11(15)12(16)8-10/h2-3,8-9H,4-7,16H2,1H3,(H,17,21)(H,18,20). The van der Waals surface area contributed by atoms with E-state index in [9.17, 15) is 9.59 Å². The minimum atomic E-state index is -0.197. The number of rotatable bonds is 4. The van der Waals surface area contributed by atoms with Crippen LogP contribution in [-0.4, -0.2) is 42.4 Å². The number of anilines is 2. The lowest BCUT2D eigenvalue weighted by molar-refractivity contribution is -0.129. The Morgan fingerprint density at radius 2 is 2.33 bits per heavy atom. The Hall–Kier alpha value is -1.79. The topological polar surface area (TPSA) is 87.5 Å². The van der Waals surface area contributed by atoms with Crippen LogP contribution in [0, 0.1) is 0 Å². The average molecular weight is 311 g/mol. The molecule has 1 aliphatic rings. The molecule has 1 heterocycles. The largest absolute Gasteiger partial charge is 0.397 e. The summed E-state index contributed by atoms with van der Waals surface area (Å²) >= 11 is 5.83. The molecule has 0 aromatic heterocycles. The first kappa shape index (κ1) is 15.6. The van der Waals surface area contributed by atoms with Gasteiger partial charge in [-0.25, -0.2) is 0 Å². The van der Waals surface area contributed by atoms with Crippen LogP contribution < -0.4 is 16.4 Å². The third-order valence-electron chi connectivity index (χ3n) is 3.53. The van der Waals surface area contributed by atoms with Crippen LogP contribution in [0.15, 0.2) is 18.2 Å². The molecule has 1 saturated heterocycles. The van der Waals surface area contributed by atoms with Gasteiger partial charge in [0.1, 0.15) is 0 Å². The van der Waals surface area contributed by atoms with Gasteiger partial charge < -0.3 is 16.4 Å². The lowest BCUT2D eigenvalue weighted by Crippen LogP contribution is -2.54. The van der Waals surface area contributed by atoms with Crippen molar-refractivity contribution in [1.82, 2.24) is 10.2 Å². The number of halogens is 1. The maximum Gasteiger partial charge on any atom is 0.237 e. The molecule has 4 N–H and O–H groups in total. The van der Waals surface area contributed by atoms with Gasteiger partial charge >= 0.3 is 0 Å². The van der Waals surface area contributed by atoms with Gasteiger partial charge in [-0.3, -0.25) is 14.5 Å². The van der Waals surface area contributed by atoms with Crippen molar-refractivity contribution in [2.45, 2.75) is 19.4 Å². The zero-order valence-corrected chi connectivity index (χ0v) is 12.6. The highest BCUT2D eigenvalue weighted by Crippen LogP contribution is 2.22. The predicted molar refractivity (Wildman–Crippen MR) is 83.2 cm³/mol. The number of carbonyl (C=O) groups is 2. The molecule has 1 atom stereocenters. The lowest BCUT2D eigenvalue weighted by Gasteiger charge is -2.32. The fraction of sp³-hybridized carbons (Fsp3) is 0.429. The summed E-state index contributed by atoms with van der Waals surface area (Å²) in [7, 11) is 0. The fourth-order valence-electron chi connectivity index (χ4n) is 2.23. The van der Waals surface area contributed by atoms with Crippen LogP contribution in [0.5, 0.6) is 0 Å². The van der Waals surface area contributed by atoms with Crippen molar-refractivity contribution in [3.8, 4) is 0 Å². The van der Waals surface area contributed by atoms with Crippen LogP contribution in [0.3, 0.4) is 0 Å². The van der Waals surface area contributed by atoms with E-state index < -0.39 is 0 Å². The van der Waals surface area contributed by atoms with Gasteiger partial charge in [-0.1, -0.05) is 11.6 Å². The van der Waals surface area contributed by atoms with Gasteiger partial charge in [0, 0.05) is 31.7 Å². The number of piperazine rings is 1. The number of carbonyl (C=O) groups excluding carboxylic acids is 2. The van der Waals surface area contributed by atoms with E-state index in [-0.39, 0.29) is 17.9 Å². The highest BCUT2D eigenvalue weighted by molar-refractivity contribution is 6.33. The molecule has 114 valence electrons. The Balaban J connectivity index is 1.84. The second kappa shape index (κ2) is 6.78. The Labute approximate surface area is 128 Å². The van der Waals surface area contributed by atoms with E-state index in [0.29, 0.717) is 35.9 Å². The highest BCUT2D eigenvalue weighted by Gasteiger charge is 2.25. The molecule has 6 nitrogen and oxygen atoms in total. The molecular weight excluding hydrogens is 292 g/mol. The number of amides is 2. The molecule has 0 bridgehead atoms. The molecule has 7 heteroatoms. The van der Waals surface area contributed by atoms with E-state index in [1.54, 1.807) is 18.2 Å². The summed E-state index contributed by atoms with van der Waals surface area (Å²) in [4.78, 5) is 25.5. The lowest BCUT2D eigenvalue weighted by atomic mass is 10.2. The third-order valence-corrected chi connectivity index (χ3v) is 3.88. The van der Waals surface area contributed by atoms with Crippen molar-refractivity contribution in [3.05, 3.63) is 23.2 Å². The van der Waals surface area contributed by atoms with Crippen molar-refractivity contribution in [3.63, 3.8) is 0 Å². The van der Waals surface area contributed by atoms with E-state index >= 15 is 0 Å². The second-order valence-electron chi connectivity index (χ2n) is 5.04. The maximum absolute atomic E-state index is 11.9. The molecule has 0 spiro atoms. The van der Waals surface area contributed by atoms with Crippen molar-refractivity contribution in [1.29, 1.82) is 0 Å². The normalized spacial score (nSPS) is 19.1. The molecule has 1 aromatic carbocycles. The van der Waals surface area contributed by atoms with Crippen LogP contribution >= 0.6 is 11.6 Å². The first-order valence-corrected chi connectivity index (χ1v) is 7.22. The van der Waals surface area contributed by atoms with Gasteiger partial charge in [0.2, 0.25) is 11.8 Å². The van der Waals surface area contributed by atoms with Gasteiger partial charge in [0.25, 0.3) is 0 Å². The van der Waals surface area contributed by atoms with Crippen LogP contribution in [-0.2, 0) is 9.59 Å². The fourth-order valence-corrected chi connectivity index (χ4v) is 2.34. The first-order valence-electron chi connectivity index (χ1n) is 6.84. The molecule has 0 aliphatic carbocycles.